The molecule has 0 bridgehead atoms. The van der Waals surface area contributed by atoms with Gasteiger partial charge in [0.25, 0.3) is 0 Å². The van der Waals surface area contributed by atoms with E-state index in [-0.39, 0.29) is 0 Å². The number of aromatic nitrogens is 2. The zero-order valence-electron chi connectivity index (χ0n) is 19.8. The van der Waals surface area contributed by atoms with Crippen molar-refractivity contribution in [1.82, 2.24) is 9.13 Å². The van der Waals surface area contributed by atoms with E-state index in [0.29, 0.717) is 0 Å². The van der Waals surface area contributed by atoms with Crippen LogP contribution in [0.4, 0.5) is 0 Å². The number of para-hydroxylation sites is 2. The van der Waals surface area contributed by atoms with Crippen LogP contribution in [0.5, 0.6) is 0 Å². The Balaban J connectivity index is 1.43. The maximum atomic E-state index is 2.37. The standard InChI is InChI=1S/C34H24N2/c1-4-10-25(11-5-1)33-24-29-19-18-28(23-34(29)36(33)31-14-8-3-9-15-31)27-17-16-26-20-21-35(32(26)22-27)30-12-6-2-7-13-30/h1-24H. The number of hydrogen-bond acceptors (Lipinski definition) is 0. The Labute approximate surface area is 210 Å². The van der Waals surface area contributed by atoms with Crippen molar-refractivity contribution < 1.29 is 0 Å². The monoisotopic (exact) mass is 460 g/mol. The van der Waals surface area contributed by atoms with Crippen molar-refractivity contribution in [3.05, 3.63) is 146 Å². The summed E-state index contributed by atoms with van der Waals surface area (Å²) in [6.45, 7) is 0. The molecule has 0 aliphatic rings. The predicted octanol–water partition coefficient (Wildman–Crippen LogP) is 8.91. The van der Waals surface area contributed by atoms with Gasteiger partial charge in [0.2, 0.25) is 0 Å². The molecule has 0 spiro atoms. The Morgan fingerprint density at radius 2 is 0.972 bits per heavy atom. The van der Waals surface area contributed by atoms with E-state index in [2.05, 4.69) is 155 Å². The largest absolute Gasteiger partial charge is 0.317 e. The number of nitrogens with zero attached hydrogens (tertiary/aromatic N) is 2. The van der Waals surface area contributed by atoms with Gasteiger partial charge in [-0.15, -0.1) is 0 Å². The molecule has 0 unspecified atom stereocenters. The second-order valence-electron chi connectivity index (χ2n) is 9.14. The highest BCUT2D eigenvalue weighted by Crippen LogP contribution is 2.35. The third-order valence-corrected chi connectivity index (χ3v) is 6.95. The lowest BCUT2D eigenvalue weighted by molar-refractivity contribution is 1.13. The zero-order valence-corrected chi connectivity index (χ0v) is 19.8. The summed E-state index contributed by atoms with van der Waals surface area (Å²) in [4.78, 5) is 0. The fourth-order valence-corrected chi connectivity index (χ4v) is 5.18. The Morgan fingerprint density at radius 3 is 1.67 bits per heavy atom. The van der Waals surface area contributed by atoms with Gasteiger partial charge in [-0.05, 0) is 70.6 Å². The van der Waals surface area contributed by atoms with Crippen LogP contribution < -0.4 is 0 Å². The minimum Gasteiger partial charge on any atom is -0.317 e. The molecule has 0 saturated heterocycles. The first kappa shape index (κ1) is 20.5. The van der Waals surface area contributed by atoms with Crippen LogP contribution in [0.15, 0.2) is 146 Å². The summed E-state index contributed by atoms with van der Waals surface area (Å²) in [5, 5.41) is 2.47. The summed E-state index contributed by atoms with van der Waals surface area (Å²) in [7, 11) is 0. The number of rotatable bonds is 4. The summed E-state index contributed by atoms with van der Waals surface area (Å²) in [5.74, 6) is 0. The quantitative estimate of drug-likeness (QED) is 0.248. The maximum Gasteiger partial charge on any atom is 0.0541 e. The van der Waals surface area contributed by atoms with Gasteiger partial charge in [0.05, 0.1) is 16.7 Å². The Kier molecular flexibility index (Phi) is 4.82. The SMILES string of the molecule is c1ccc(-c2cc3ccc(-c4ccc5ccn(-c6ccccc6)c5c4)cc3n2-c2ccccc2)cc1. The van der Waals surface area contributed by atoms with Crippen molar-refractivity contribution in [2.24, 2.45) is 0 Å². The van der Waals surface area contributed by atoms with Gasteiger partial charge >= 0.3 is 0 Å². The molecule has 0 saturated carbocycles. The van der Waals surface area contributed by atoms with Crippen LogP contribution in [0.1, 0.15) is 0 Å². The van der Waals surface area contributed by atoms with Gasteiger partial charge in [-0.3, -0.25) is 0 Å². The number of fused-ring (bicyclic) bond motifs is 2. The Morgan fingerprint density at radius 1 is 0.389 bits per heavy atom. The van der Waals surface area contributed by atoms with Crippen molar-refractivity contribution in [3.8, 4) is 33.8 Å². The average Bonchev–Trinajstić information content (AvgIpc) is 3.55. The third-order valence-electron chi connectivity index (χ3n) is 6.95. The molecular formula is C34H24N2. The third kappa shape index (κ3) is 3.43. The van der Waals surface area contributed by atoms with Gasteiger partial charge in [-0.25, -0.2) is 0 Å². The van der Waals surface area contributed by atoms with Gasteiger partial charge in [0, 0.05) is 23.0 Å². The Bertz CT molecular complexity index is 1810. The van der Waals surface area contributed by atoms with Crippen molar-refractivity contribution >= 4 is 21.8 Å². The fourth-order valence-electron chi connectivity index (χ4n) is 5.18. The van der Waals surface area contributed by atoms with E-state index in [4.69, 9.17) is 0 Å². The van der Waals surface area contributed by atoms with Crippen molar-refractivity contribution in [2.45, 2.75) is 0 Å². The maximum absolute atomic E-state index is 2.37. The van der Waals surface area contributed by atoms with Crippen LogP contribution in [0.25, 0.3) is 55.6 Å². The van der Waals surface area contributed by atoms with Crippen molar-refractivity contribution in [3.63, 3.8) is 0 Å². The second-order valence-corrected chi connectivity index (χ2v) is 9.14. The molecule has 7 aromatic rings. The van der Waals surface area contributed by atoms with Crippen molar-refractivity contribution in [2.75, 3.05) is 0 Å². The molecule has 2 heterocycles. The minimum atomic E-state index is 1.16. The first-order chi connectivity index (χ1) is 17.8. The van der Waals surface area contributed by atoms with Crippen molar-refractivity contribution in [1.29, 1.82) is 0 Å². The molecule has 0 amide bonds. The highest BCUT2D eigenvalue weighted by Gasteiger charge is 2.14. The van der Waals surface area contributed by atoms with Crippen LogP contribution in [0, 0.1) is 0 Å². The van der Waals surface area contributed by atoms with Gasteiger partial charge in [0.15, 0.2) is 0 Å². The van der Waals surface area contributed by atoms with E-state index in [1.165, 1.54) is 49.9 Å². The molecule has 0 radical (unpaired) electrons. The molecule has 0 atom stereocenters. The molecule has 2 heteroatoms. The lowest BCUT2D eigenvalue weighted by atomic mass is 10.0. The lowest BCUT2D eigenvalue weighted by Crippen LogP contribution is -1.96. The Hall–Kier alpha value is -4.82. The average molecular weight is 461 g/mol. The van der Waals surface area contributed by atoms with Crippen LogP contribution in [0.2, 0.25) is 0 Å². The van der Waals surface area contributed by atoms with E-state index in [1.807, 2.05) is 0 Å². The first-order valence-corrected chi connectivity index (χ1v) is 12.3. The number of benzene rings is 5. The molecule has 0 aliphatic heterocycles. The van der Waals surface area contributed by atoms with Gasteiger partial charge in [-0.2, -0.15) is 0 Å². The highest BCUT2D eigenvalue weighted by molar-refractivity contribution is 5.94. The predicted molar refractivity (Wildman–Crippen MR) is 151 cm³/mol. The first-order valence-electron chi connectivity index (χ1n) is 12.3. The van der Waals surface area contributed by atoms with Crippen LogP contribution in [-0.2, 0) is 0 Å². The molecular weight excluding hydrogens is 436 g/mol. The minimum absolute atomic E-state index is 1.16. The summed E-state index contributed by atoms with van der Waals surface area (Å²) in [6, 6.07) is 49.8. The summed E-state index contributed by atoms with van der Waals surface area (Å²) in [6.07, 6.45) is 2.15. The summed E-state index contributed by atoms with van der Waals surface area (Å²) in [5.41, 5.74) is 9.58. The van der Waals surface area contributed by atoms with Crippen LogP contribution in [-0.4, -0.2) is 9.13 Å². The van der Waals surface area contributed by atoms with Gasteiger partial charge in [-0.1, -0.05) is 91.0 Å². The molecule has 2 aromatic heterocycles. The molecule has 2 nitrogen and oxygen atoms in total. The molecule has 0 aliphatic carbocycles. The van der Waals surface area contributed by atoms with E-state index in [0.717, 1.165) is 5.69 Å². The fraction of sp³-hybridized carbons (Fsp3) is 0. The van der Waals surface area contributed by atoms with Crippen LogP contribution in [0.3, 0.4) is 0 Å². The normalized spacial score (nSPS) is 11.3. The molecule has 0 N–H and O–H groups in total. The number of hydrogen-bond donors (Lipinski definition) is 0. The molecule has 170 valence electrons. The summed E-state index contributed by atoms with van der Waals surface area (Å²) >= 11 is 0. The molecule has 7 rings (SSSR count). The highest BCUT2D eigenvalue weighted by atomic mass is 15.0. The molecule has 5 aromatic carbocycles. The molecule has 36 heavy (non-hydrogen) atoms. The zero-order chi connectivity index (χ0) is 23.9. The molecule has 0 fully saturated rings. The van der Waals surface area contributed by atoms with Gasteiger partial charge in [0.1, 0.15) is 0 Å². The van der Waals surface area contributed by atoms with Crippen LogP contribution >= 0.6 is 0 Å². The van der Waals surface area contributed by atoms with Gasteiger partial charge < -0.3 is 9.13 Å². The second kappa shape index (κ2) is 8.44. The smallest absolute Gasteiger partial charge is 0.0541 e. The lowest BCUT2D eigenvalue weighted by Gasteiger charge is -2.12. The topological polar surface area (TPSA) is 9.86 Å². The van der Waals surface area contributed by atoms with E-state index >= 15 is 0 Å². The van der Waals surface area contributed by atoms with E-state index in [1.54, 1.807) is 0 Å². The van der Waals surface area contributed by atoms with E-state index in [9.17, 15) is 0 Å². The van der Waals surface area contributed by atoms with E-state index < -0.39 is 0 Å². The summed E-state index contributed by atoms with van der Waals surface area (Å²) < 4.78 is 4.64.